The average Bonchev–Trinajstić information content (AvgIpc) is 2.92. The molecule has 0 radical (unpaired) electrons. The highest BCUT2D eigenvalue weighted by Crippen LogP contribution is 2.51. The van der Waals surface area contributed by atoms with Gasteiger partial charge in [0, 0.05) is 29.5 Å². The number of ether oxygens (including phenoxy) is 1. The number of piperidine rings is 1. The van der Waals surface area contributed by atoms with Crippen LogP contribution in [0.1, 0.15) is 101 Å². The van der Waals surface area contributed by atoms with Crippen molar-refractivity contribution in [3.63, 3.8) is 0 Å². The van der Waals surface area contributed by atoms with E-state index in [9.17, 15) is 0 Å². The summed E-state index contributed by atoms with van der Waals surface area (Å²) in [6.07, 6.45) is 7.53. The predicted molar refractivity (Wildman–Crippen MR) is 173 cm³/mol. The predicted octanol–water partition coefficient (Wildman–Crippen LogP) is 9.58. The van der Waals surface area contributed by atoms with Crippen molar-refractivity contribution < 1.29 is 4.74 Å². The lowest BCUT2D eigenvalue weighted by atomic mass is 9.82. The van der Waals surface area contributed by atoms with Crippen molar-refractivity contribution in [3.05, 3.63) is 88.5 Å². The molecule has 3 heteroatoms. The topological polar surface area (TPSA) is 12.5 Å². The van der Waals surface area contributed by atoms with Gasteiger partial charge in [-0.3, -0.25) is 0 Å². The zero-order chi connectivity index (χ0) is 28.0. The van der Waals surface area contributed by atoms with Crippen LogP contribution in [-0.2, 0) is 17.2 Å². The summed E-state index contributed by atoms with van der Waals surface area (Å²) in [7, 11) is 0.677. The van der Waals surface area contributed by atoms with Gasteiger partial charge in [0.1, 0.15) is 12.4 Å². The molecule has 2 atom stereocenters. The van der Waals surface area contributed by atoms with Crippen LogP contribution < -0.4 is 14.9 Å². The molecule has 2 unspecified atom stereocenters. The summed E-state index contributed by atoms with van der Waals surface area (Å²) in [5.74, 6) is 1.09. The molecule has 1 fully saturated rings. The Hall–Kier alpha value is -2.31. The molecule has 0 N–H and O–H groups in total. The van der Waals surface area contributed by atoms with Gasteiger partial charge >= 0.3 is 0 Å². The molecule has 39 heavy (non-hydrogen) atoms. The minimum atomic E-state index is -0.00611. The van der Waals surface area contributed by atoms with Gasteiger partial charge in [-0.1, -0.05) is 111 Å². The van der Waals surface area contributed by atoms with Crippen LogP contribution >= 0.6 is 8.58 Å². The van der Waals surface area contributed by atoms with E-state index in [2.05, 4.69) is 114 Å². The molecule has 4 rings (SSSR count). The molecular formula is C36H50NOP. The van der Waals surface area contributed by atoms with Gasteiger partial charge in [-0.25, -0.2) is 0 Å². The largest absolute Gasteiger partial charge is 0.488 e. The van der Waals surface area contributed by atoms with E-state index in [1.807, 2.05) is 0 Å². The minimum Gasteiger partial charge on any atom is -0.488 e. The zero-order valence-electron chi connectivity index (χ0n) is 25.5. The third-order valence-corrected chi connectivity index (χ3v) is 10.0. The lowest BCUT2D eigenvalue weighted by Gasteiger charge is -2.37. The SMILES string of the molecule is CCCCC(C)(Pc1ccc(C)cc1N1CCCCC1)c1cc(C(C)(C)C)cc(C)c1OCc1ccccc1. The van der Waals surface area contributed by atoms with Crippen LogP contribution in [0.25, 0.3) is 0 Å². The molecule has 1 saturated heterocycles. The van der Waals surface area contributed by atoms with Crippen molar-refractivity contribution in [1.29, 1.82) is 0 Å². The fourth-order valence-corrected chi connectivity index (χ4v) is 7.52. The summed E-state index contributed by atoms with van der Waals surface area (Å²) in [5, 5.41) is 1.50. The summed E-state index contributed by atoms with van der Waals surface area (Å²) in [4.78, 5) is 2.66. The Morgan fingerprint density at radius 3 is 2.26 bits per heavy atom. The quantitative estimate of drug-likeness (QED) is 0.236. The molecule has 3 aromatic carbocycles. The lowest BCUT2D eigenvalue weighted by molar-refractivity contribution is 0.296. The number of unbranched alkanes of at least 4 members (excludes halogenated alkanes) is 1. The van der Waals surface area contributed by atoms with Crippen LogP contribution in [0, 0.1) is 13.8 Å². The number of hydrogen-bond acceptors (Lipinski definition) is 2. The Morgan fingerprint density at radius 1 is 0.872 bits per heavy atom. The Labute approximate surface area is 240 Å². The molecule has 3 aromatic rings. The molecule has 0 bridgehead atoms. The van der Waals surface area contributed by atoms with E-state index in [0.717, 1.165) is 12.2 Å². The first-order chi connectivity index (χ1) is 18.6. The molecule has 0 aromatic heterocycles. The van der Waals surface area contributed by atoms with Crippen molar-refractivity contribution in [2.45, 2.75) is 104 Å². The fourth-order valence-electron chi connectivity index (χ4n) is 5.77. The highest BCUT2D eigenvalue weighted by Gasteiger charge is 2.34. The molecule has 0 amide bonds. The van der Waals surface area contributed by atoms with Gasteiger partial charge in [-0.2, -0.15) is 0 Å². The molecule has 1 aliphatic heterocycles. The van der Waals surface area contributed by atoms with Gasteiger partial charge in [0.25, 0.3) is 0 Å². The standard InChI is InChI=1S/C36H50NOP/c1-8-9-20-36(7,39-33-19-18-27(2)23-32(33)37-21-14-11-15-22-37)31-25-30(35(4,5)6)24-28(3)34(31)38-26-29-16-12-10-13-17-29/h10,12-13,16-19,23-25,39H,8-9,11,14-15,20-22,26H2,1-7H3. The number of aryl methyl sites for hydroxylation is 2. The minimum absolute atomic E-state index is 0.00611. The monoisotopic (exact) mass is 543 g/mol. The van der Waals surface area contributed by atoms with Crippen molar-refractivity contribution >= 4 is 19.6 Å². The number of hydrogen-bond donors (Lipinski definition) is 0. The first-order valence-corrected chi connectivity index (χ1v) is 16.1. The third kappa shape index (κ3) is 7.46. The smallest absolute Gasteiger partial charge is 0.126 e. The maximum absolute atomic E-state index is 6.75. The van der Waals surface area contributed by atoms with Crippen molar-refractivity contribution in [3.8, 4) is 5.75 Å². The van der Waals surface area contributed by atoms with Gasteiger partial charge in [-0.05, 0) is 78.6 Å². The van der Waals surface area contributed by atoms with E-state index < -0.39 is 0 Å². The normalized spacial score (nSPS) is 16.0. The maximum atomic E-state index is 6.75. The number of rotatable bonds is 10. The Bertz CT molecular complexity index is 1220. The average molecular weight is 544 g/mol. The van der Waals surface area contributed by atoms with Crippen molar-refractivity contribution in [2.24, 2.45) is 0 Å². The summed E-state index contributed by atoms with van der Waals surface area (Å²) < 4.78 is 6.75. The third-order valence-electron chi connectivity index (χ3n) is 8.25. The Balaban J connectivity index is 1.81. The molecule has 0 spiro atoms. The summed E-state index contributed by atoms with van der Waals surface area (Å²) in [5.41, 5.74) is 8.15. The van der Waals surface area contributed by atoms with E-state index in [1.54, 1.807) is 0 Å². The zero-order valence-corrected chi connectivity index (χ0v) is 26.5. The first kappa shape index (κ1) is 29.7. The van der Waals surface area contributed by atoms with Crippen LogP contribution in [0.5, 0.6) is 5.75 Å². The van der Waals surface area contributed by atoms with Gasteiger partial charge in [-0.15, -0.1) is 0 Å². The lowest BCUT2D eigenvalue weighted by Crippen LogP contribution is -2.33. The summed E-state index contributed by atoms with van der Waals surface area (Å²) >= 11 is 0. The second-order valence-corrected chi connectivity index (χ2v) is 14.7. The van der Waals surface area contributed by atoms with E-state index in [4.69, 9.17) is 4.74 Å². The molecule has 1 heterocycles. The number of benzene rings is 3. The molecule has 0 aliphatic carbocycles. The number of anilines is 1. The second kappa shape index (κ2) is 12.9. The van der Waals surface area contributed by atoms with Crippen molar-refractivity contribution in [1.82, 2.24) is 0 Å². The van der Waals surface area contributed by atoms with E-state index in [1.165, 1.54) is 84.0 Å². The molecule has 1 aliphatic rings. The first-order valence-electron chi connectivity index (χ1n) is 15.1. The van der Waals surface area contributed by atoms with E-state index in [0.29, 0.717) is 15.2 Å². The molecule has 2 nitrogen and oxygen atoms in total. The fraction of sp³-hybridized carbons (Fsp3) is 0.500. The van der Waals surface area contributed by atoms with Crippen LogP contribution in [-0.4, -0.2) is 13.1 Å². The van der Waals surface area contributed by atoms with E-state index >= 15 is 0 Å². The molecule has 0 saturated carbocycles. The Kier molecular flexibility index (Phi) is 9.82. The second-order valence-electron chi connectivity index (χ2n) is 12.8. The molecule has 210 valence electrons. The van der Waals surface area contributed by atoms with Gasteiger partial charge in [0.05, 0.1) is 0 Å². The van der Waals surface area contributed by atoms with Gasteiger partial charge in [0.15, 0.2) is 0 Å². The maximum Gasteiger partial charge on any atom is 0.126 e. The van der Waals surface area contributed by atoms with Gasteiger partial charge < -0.3 is 9.64 Å². The van der Waals surface area contributed by atoms with Crippen LogP contribution in [0.4, 0.5) is 5.69 Å². The van der Waals surface area contributed by atoms with E-state index in [-0.39, 0.29) is 10.6 Å². The van der Waals surface area contributed by atoms with Crippen LogP contribution in [0.2, 0.25) is 0 Å². The van der Waals surface area contributed by atoms with Crippen LogP contribution in [0.15, 0.2) is 60.7 Å². The summed E-state index contributed by atoms with van der Waals surface area (Å²) in [6, 6.07) is 22.6. The van der Waals surface area contributed by atoms with Crippen LogP contribution in [0.3, 0.4) is 0 Å². The molecular weight excluding hydrogens is 493 g/mol. The number of nitrogens with zero attached hydrogens (tertiary/aromatic N) is 1. The van der Waals surface area contributed by atoms with Gasteiger partial charge in [0.2, 0.25) is 0 Å². The van der Waals surface area contributed by atoms with Crippen molar-refractivity contribution in [2.75, 3.05) is 18.0 Å². The highest BCUT2D eigenvalue weighted by atomic mass is 31.1. The highest BCUT2D eigenvalue weighted by molar-refractivity contribution is 7.49. The summed E-state index contributed by atoms with van der Waals surface area (Å²) in [6.45, 7) is 19.3. The Morgan fingerprint density at radius 2 is 1.59 bits per heavy atom.